The first-order valence-corrected chi connectivity index (χ1v) is 30.3. The van der Waals surface area contributed by atoms with Gasteiger partial charge in [-0.3, -0.25) is 14.4 Å². The Balaban J connectivity index is 4.27. The van der Waals surface area contributed by atoms with Crippen LogP contribution in [0.2, 0.25) is 0 Å². The van der Waals surface area contributed by atoms with Crippen LogP contribution in [0.3, 0.4) is 0 Å². The van der Waals surface area contributed by atoms with Gasteiger partial charge in [-0.15, -0.1) is 0 Å². The SMILES string of the molecule is CCCC/C=C\CCCCCCCC(=O)OCC(COC(=O)CCCCCCCCCCCC/C=C\C/C=C\C/C=C\CCCCCCC)OC(=O)CCCCCCC/C=C\CCCCCCCCC. The number of hydrogen-bond donors (Lipinski definition) is 0. The van der Waals surface area contributed by atoms with E-state index in [0.29, 0.717) is 19.3 Å². The molecule has 0 saturated heterocycles. The molecule has 0 heterocycles. The van der Waals surface area contributed by atoms with Gasteiger partial charge in [0.1, 0.15) is 13.2 Å². The van der Waals surface area contributed by atoms with Gasteiger partial charge in [0, 0.05) is 19.3 Å². The molecule has 406 valence electrons. The van der Waals surface area contributed by atoms with Gasteiger partial charge in [-0.2, -0.15) is 0 Å². The van der Waals surface area contributed by atoms with Crippen LogP contribution in [0.15, 0.2) is 60.8 Å². The van der Waals surface area contributed by atoms with Gasteiger partial charge in [-0.05, 0) is 103 Å². The monoisotopic (exact) mass is 979 g/mol. The fraction of sp³-hybridized carbons (Fsp3) is 0.797. The molecule has 0 rings (SSSR count). The van der Waals surface area contributed by atoms with E-state index in [-0.39, 0.29) is 31.1 Å². The van der Waals surface area contributed by atoms with E-state index in [1.54, 1.807) is 0 Å². The summed E-state index contributed by atoms with van der Waals surface area (Å²) in [6.07, 6.45) is 73.6. The lowest BCUT2D eigenvalue weighted by Gasteiger charge is -2.18. The van der Waals surface area contributed by atoms with Crippen molar-refractivity contribution in [3.63, 3.8) is 0 Å². The van der Waals surface area contributed by atoms with Crippen LogP contribution < -0.4 is 0 Å². The molecule has 0 fully saturated rings. The lowest BCUT2D eigenvalue weighted by atomic mass is 10.1. The van der Waals surface area contributed by atoms with Gasteiger partial charge >= 0.3 is 17.9 Å². The van der Waals surface area contributed by atoms with Crippen LogP contribution in [0.5, 0.6) is 0 Å². The highest BCUT2D eigenvalue weighted by Gasteiger charge is 2.19. The maximum Gasteiger partial charge on any atom is 0.306 e. The molecule has 0 spiro atoms. The molecule has 0 bridgehead atoms. The molecule has 0 aliphatic heterocycles. The Morgan fingerprint density at radius 3 is 0.857 bits per heavy atom. The molecule has 0 aliphatic rings. The lowest BCUT2D eigenvalue weighted by Crippen LogP contribution is -2.30. The Labute approximate surface area is 434 Å². The number of ether oxygens (including phenoxy) is 3. The Kier molecular flexibility index (Phi) is 56.3. The lowest BCUT2D eigenvalue weighted by molar-refractivity contribution is -0.167. The number of unbranched alkanes of at least 4 members (excludes halogenated alkanes) is 34. The second-order valence-electron chi connectivity index (χ2n) is 20.2. The third-order valence-corrected chi connectivity index (χ3v) is 13.2. The first-order valence-electron chi connectivity index (χ1n) is 30.3. The van der Waals surface area contributed by atoms with E-state index >= 15 is 0 Å². The quantitative estimate of drug-likeness (QED) is 0.0261. The van der Waals surface area contributed by atoms with Crippen LogP contribution in [-0.4, -0.2) is 37.2 Å². The fourth-order valence-corrected chi connectivity index (χ4v) is 8.60. The molecule has 0 aliphatic carbocycles. The van der Waals surface area contributed by atoms with Crippen LogP contribution in [0.1, 0.15) is 310 Å². The zero-order valence-electron chi connectivity index (χ0n) is 46.5. The minimum absolute atomic E-state index is 0.0811. The van der Waals surface area contributed by atoms with Gasteiger partial charge in [0.05, 0.1) is 0 Å². The number of carbonyl (C=O) groups excluding carboxylic acids is 3. The van der Waals surface area contributed by atoms with E-state index < -0.39 is 6.10 Å². The maximum absolute atomic E-state index is 12.8. The number of esters is 3. The van der Waals surface area contributed by atoms with Crippen molar-refractivity contribution in [1.82, 2.24) is 0 Å². The highest BCUT2D eigenvalue weighted by molar-refractivity contribution is 5.71. The number of rotatable bonds is 55. The second-order valence-corrected chi connectivity index (χ2v) is 20.2. The van der Waals surface area contributed by atoms with Crippen LogP contribution in [0.25, 0.3) is 0 Å². The van der Waals surface area contributed by atoms with E-state index in [4.69, 9.17) is 14.2 Å². The summed E-state index contributed by atoms with van der Waals surface area (Å²) in [5.41, 5.74) is 0. The summed E-state index contributed by atoms with van der Waals surface area (Å²) in [5, 5.41) is 0. The van der Waals surface area contributed by atoms with Crippen molar-refractivity contribution < 1.29 is 28.6 Å². The number of hydrogen-bond acceptors (Lipinski definition) is 6. The molecule has 0 aromatic carbocycles. The average Bonchev–Trinajstić information content (AvgIpc) is 3.36. The summed E-state index contributed by atoms with van der Waals surface area (Å²) >= 11 is 0. The highest BCUT2D eigenvalue weighted by Crippen LogP contribution is 2.16. The summed E-state index contributed by atoms with van der Waals surface area (Å²) in [5.74, 6) is -0.892. The Bertz CT molecular complexity index is 1260. The highest BCUT2D eigenvalue weighted by atomic mass is 16.6. The predicted molar refractivity (Wildman–Crippen MR) is 302 cm³/mol. The van der Waals surface area contributed by atoms with Gasteiger partial charge in [0.15, 0.2) is 6.10 Å². The van der Waals surface area contributed by atoms with Crippen molar-refractivity contribution in [2.24, 2.45) is 0 Å². The van der Waals surface area contributed by atoms with Crippen molar-refractivity contribution in [1.29, 1.82) is 0 Å². The molecular weight excluding hydrogens is 865 g/mol. The molecular formula is C64H114O6. The van der Waals surface area contributed by atoms with Crippen molar-refractivity contribution in [2.45, 2.75) is 316 Å². The van der Waals surface area contributed by atoms with Gasteiger partial charge < -0.3 is 14.2 Å². The molecule has 0 N–H and O–H groups in total. The molecule has 0 saturated carbocycles. The third kappa shape index (κ3) is 56.0. The van der Waals surface area contributed by atoms with E-state index in [1.165, 1.54) is 180 Å². The van der Waals surface area contributed by atoms with Crippen LogP contribution in [-0.2, 0) is 28.6 Å². The Morgan fingerprint density at radius 2 is 0.529 bits per heavy atom. The molecule has 1 atom stereocenters. The largest absolute Gasteiger partial charge is 0.462 e. The smallest absolute Gasteiger partial charge is 0.306 e. The minimum atomic E-state index is -0.783. The van der Waals surface area contributed by atoms with Crippen molar-refractivity contribution in [3.8, 4) is 0 Å². The molecule has 6 nitrogen and oxygen atoms in total. The zero-order valence-corrected chi connectivity index (χ0v) is 46.5. The van der Waals surface area contributed by atoms with E-state index in [1.807, 2.05) is 0 Å². The van der Waals surface area contributed by atoms with E-state index in [9.17, 15) is 14.4 Å². The van der Waals surface area contributed by atoms with Crippen molar-refractivity contribution in [3.05, 3.63) is 60.8 Å². The molecule has 70 heavy (non-hydrogen) atoms. The van der Waals surface area contributed by atoms with E-state index in [0.717, 1.165) is 89.9 Å². The fourth-order valence-electron chi connectivity index (χ4n) is 8.60. The Hall–Kier alpha value is -2.89. The van der Waals surface area contributed by atoms with Crippen LogP contribution >= 0.6 is 0 Å². The molecule has 6 heteroatoms. The summed E-state index contributed by atoms with van der Waals surface area (Å²) in [7, 11) is 0. The zero-order chi connectivity index (χ0) is 50.7. The first kappa shape index (κ1) is 67.1. The minimum Gasteiger partial charge on any atom is -0.462 e. The molecule has 0 aromatic heterocycles. The van der Waals surface area contributed by atoms with Crippen molar-refractivity contribution in [2.75, 3.05) is 13.2 Å². The Morgan fingerprint density at radius 1 is 0.286 bits per heavy atom. The average molecular weight is 980 g/mol. The molecule has 0 aromatic rings. The predicted octanol–water partition coefficient (Wildman–Crippen LogP) is 20.4. The van der Waals surface area contributed by atoms with Gasteiger partial charge in [0.25, 0.3) is 0 Å². The topological polar surface area (TPSA) is 78.9 Å². The van der Waals surface area contributed by atoms with Crippen LogP contribution in [0, 0.1) is 0 Å². The van der Waals surface area contributed by atoms with Gasteiger partial charge in [-0.25, -0.2) is 0 Å². The maximum atomic E-state index is 12.8. The summed E-state index contributed by atoms with van der Waals surface area (Å²) in [6.45, 7) is 6.60. The summed E-state index contributed by atoms with van der Waals surface area (Å²) in [4.78, 5) is 38.1. The molecule has 1 unspecified atom stereocenters. The second kappa shape index (κ2) is 58.7. The number of allylic oxidation sites excluding steroid dienone is 10. The number of carbonyl (C=O) groups is 3. The molecule has 0 amide bonds. The van der Waals surface area contributed by atoms with E-state index in [2.05, 4.69) is 81.5 Å². The summed E-state index contributed by atoms with van der Waals surface area (Å²) in [6, 6.07) is 0. The van der Waals surface area contributed by atoms with Gasteiger partial charge in [-0.1, -0.05) is 248 Å². The molecule has 0 radical (unpaired) electrons. The normalized spacial score (nSPS) is 12.4. The van der Waals surface area contributed by atoms with Gasteiger partial charge in [0.2, 0.25) is 0 Å². The van der Waals surface area contributed by atoms with Crippen molar-refractivity contribution >= 4 is 17.9 Å². The first-order chi connectivity index (χ1) is 34.5. The van der Waals surface area contributed by atoms with Crippen LogP contribution in [0.4, 0.5) is 0 Å². The standard InChI is InChI=1S/C64H114O6/c1-4-7-10-13-16-19-22-24-26-28-29-30-31-32-33-34-35-36-38-39-42-45-48-51-54-57-63(66)69-60-61(59-68-62(65)56-53-50-47-44-41-21-18-15-12-9-6-3)70-64(67)58-55-52-49-46-43-40-37-27-25-23-20-17-14-11-8-5-2/h15,18,22,24,27-29,31-32,37,61H,4-14,16-17,19-21,23,25-26,30,33-36,38-60H2,1-3H3/b18-15-,24-22-,29-28-,32-31-,37-27-. The summed E-state index contributed by atoms with van der Waals surface area (Å²) < 4.78 is 16.9. The third-order valence-electron chi connectivity index (χ3n) is 13.2.